The van der Waals surface area contributed by atoms with Gasteiger partial charge < -0.3 is 14.9 Å². The summed E-state index contributed by atoms with van der Waals surface area (Å²) in [5, 5.41) is 18.0. The molecule has 10 heavy (non-hydrogen) atoms. The summed E-state index contributed by atoms with van der Waals surface area (Å²) >= 11 is 0. The molecule has 3 nitrogen and oxygen atoms in total. The van der Waals surface area contributed by atoms with Gasteiger partial charge in [0, 0.05) is 0 Å². The number of hydrogen-bond acceptors (Lipinski definition) is 3. The van der Waals surface area contributed by atoms with E-state index < -0.39 is 31.1 Å². The Morgan fingerprint density at radius 1 is 1.40 bits per heavy atom. The van der Waals surface area contributed by atoms with Crippen LogP contribution in [-0.2, 0) is 4.74 Å². The van der Waals surface area contributed by atoms with Crippen LogP contribution in [0.2, 0.25) is 0 Å². The molecule has 1 heterocycles. The summed E-state index contributed by atoms with van der Waals surface area (Å²) in [4.78, 5) is 0. The Kier molecular flexibility index (Phi) is 2.23. The number of alkyl halides is 1. The van der Waals surface area contributed by atoms with Crippen molar-refractivity contribution in [3.05, 3.63) is 0 Å². The molecule has 0 unspecified atom stereocenters. The predicted molar refractivity (Wildman–Crippen MR) is 32.3 cm³/mol. The van der Waals surface area contributed by atoms with Crippen LogP contribution in [0, 0.1) is 0 Å². The number of ether oxygens (including phenoxy) is 1. The van der Waals surface area contributed by atoms with Gasteiger partial charge in [0.15, 0.2) is 0 Å². The number of rotatable bonds is 1. The second kappa shape index (κ2) is 2.82. The first-order chi connectivity index (χ1) is 4.66. The van der Waals surface area contributed by atoms with Crippen LogP contribution in [0.4, 0.5) is 4.39 Å². The van der Waals surface area contributed by atoms with Crippen molar-refractivity contribution in [2.45, 2.75) is 31.3 Å². The highest BCUT2D eigenvalue weighted by Crippen LogP contribution is 2.20. The minimum Gasteiger partial charge on any atom is -0.388 e. The highest BCUT2D eigenvalue weighted by molar-refractivity contribution is 4.87. The Balaban J connectivity index is 2.53. The minimum atomic E-state index is -1.07. The Morgan fingerprint density at radius 2 is 2.00 bits per heavy atom. The smallest absolute Gasteiger partial charge is 0.118 e. The third-order valence-corrected chi connectivity index (χ3v) is 1.75. The zero-order valence-electron chi connectivity index (χ0n) is 5.70. The van der Waals surface area contributed by atoms with Gasteiger partial charge in [-0.2, -0.15) is 0 Å². The molecule has 0 spiro atoms. The van der Waals surface area contributed by atoms with Crippen LogP contribution in [0.5, 0.6) is 0 Å². The van der Waals surface area contributed by atoms with Gasteiger partial charge in [-0.15, -0.1) is 0 Å². The molecule has 2 N–H and O–H groups in total. The Bertz CT molecular complexity index is 120. The molecule has 0 aliphatic carbocycles. The molecule has 4 atom stereocenters. The molecule has 1 saturated heterocycles. The molecular formula is C6H11FO3. The molecule has 0 bridgehead atoms. The molecule has 1 rings (SSSR count). The van der Waals surface area contributed by atoms with Crippen LogP contribution in [-0.4, -0.2) is 41.3 Å². The summed E-state index contributed by atoms with van der Waals surface area (Å²) in [7, 11) is 0. The van der Waals surface area contributed by atoms with Crippen molar-refractivity contribution in [3.8, 4) is 0 Å². The fourth-order valence-corrected chi connectivity index (χ4v) is 1.06. The molecule has 0 aromatic carbocycles. The number of aliphatic hydroxyl groups is 2. The molecule has 1 fully saturated rings. The van der Waals surface area contributed by atoms with Gasteiger partial charge in [-0.05, 0) is 6.92 Å². The minimum absolute atomic E-state index is 0.462. The van der Waals surface area contributed by atoms with Crippen LogP contribution in [0.3, 0.4) is 0 Å². The number of aliphatic hydroxyl groups excluding tert-OH is 2. The van der Waals surface area contributed by atoms with Crippen LogP contribution >= 0.6 is 0 Å². The maximum absolute atomic E-state index is 11.9. The molecule has 0 aromatic heterocycles. The van der Waals surface area contributed by atoms with E-state index in [9.17, 15) is 4.39 Å². The van der Waals surface area contributed by atoms with E-state index in [0.717, 1.165) is 0 Å². The fraction of sp³-hybridized carbons (Fsp3) is 1.00. The number of halogens is 1. The Morgan fingerprint density at radius 3 is 2.20 bits per heavy atom. The molecule has 4 heteroatoms. The predicted octanol–water partition coefficient (Wildman–Crippen LogP) is -0.535. The van der Waals surface area contributed by atoms with Gasteiger partial charge in [0.05, 0.1) is 6.10 Å². The van der Waals surface area contributed by atoms with E-state index in [1.165, 1.54) is 0 Å². The number of hydrogen-bond donors (Lipinski definition) is 2. The lowest BCUT2D eigenvalue weighted by atomic mass is 10.1. The van der Waals surface area contributed by atoms with E-state index in [0.29, 0.717) is 0 Å². The standard InChI is InChI=1S/C6H11FO3/c1-3-5(8)6(9)4(2-7)10-3/h3-6,8-9H,2H2,1H3/t3-,4+,5+,6-/m0/s1. The summed E-state index contributed by atoms with van der Waals surface area (Å²) in [5.74, 6) is 0. The molecule has 0 aromatic rings. The van der Waals surface area contributed by atoms with E-state index in [4.69, 9.17) is 14.9 Å². The van der Waals surface area contributed by atoms with Crippen molar-refractivity contribution in [3.63, 3.8) is 0 Å². The zero-order valence-corrected chi connectivity index (χ0v) is 5.70. The van der Waals surface area contributed by atoms with E-state index in [-0.39, 0.29) is 0 Å². The SMILES string of the molecule is C[C@@H]1O[C@H](CF)[C@H](O)[C@@H]1O. The van der Waals surface area contributed by atoms with Crippen molar-refractivity contribution in [2.24, 2.45) is 0 Å². The second-order valence-corrected chi connectivity index (χ2v) is 2.52. The molecule has 0 amide bonds. The lowest BCUT2D eigenvalue weighted by Gasteiger charge is -2.09. The van der Waals surface area contributed by atoms with Gasteiger partial charge in [0.1, 0.15) is 25.0 Å². The summed E-state index contributed by atoms with van der Waals surface area (Å²) in [6, 6.07) is 0. The van der Waals surface area contributed by atoms with Crippen LogP contribution in [0.1, 0.15) is 6.92 Å². The van der Waals surface area contributed by atoms with Crippen molar-refractivity contribution in [2.75, 3.05) is 6.67 Å². The van der Waals surface area contributed by atoms with Crippen LogP contribution < -0.4 is 0 Å². The molecule has 0 saturated carbocycles. The van der Waals surface area contributed by atoms with Crippen LogP contribution in [0.15, 0.2) is 0 Å². The van der Waals surface area contributed by atoms with E-state index >= 15 is 0 Å². The normalized spacial score (nSPS) is 48.0. The summed E-state index contributed by atoms with van der Waals surface area (Å²) in [6.07, 6.45) is -3.32. The van der Waals surface area contributed by atoms with Crippen molar-refractivity contribution in [1.29, 1.82) is 0 Å². The van der Waals surface area contributed by atoms with Crippen molar-refractivity contribution < 1.29 is 19.3 Å². The highest BCUT2D eigenvalue weighted by atomic mass is 19.1. The van der Waals surface area contributed by atoms with Crippen molar-refractivity contribution in [1.82, 2.24) is 0 Å². The first-order valence-corrected chi connectivity index (χ1v) is 3.24. The Hall–Kier alpha value is -0.190. The van der Waals surface area contributed by atoms with Gasteiger partial charge in [0.2, 0.25) is 0 Å². The molecule has 0 radical (unpaired) electrons. The fourth-order valence-electron chi connectivity index (χ4n) is 1.06. The molecule has 1 aliphatic heterocycles. The van der Waals surface area contributed by atoms with Gasteiger partial charge in [-0.1, -0.05) is 0 Å². The van der Waals surface area contributed by atoms with Crippen LogP contribution in [0.25, 0.3) is 0 Å². The third-order valence-electron chi connectivity index (χ3n) is 1.75. The van der Waals surface area contributed by atoms with E-state index in [1.54, 1.807) is 6.92 Å². The lowest BCUT2D eigenvalue weighted by Crippen LogP contribution is -2.32. The van der Waals surface area contributed by atoms with Gasteiger partial charge in [0.25, 0.3) is 0 Å². The average Bonchev–Trinajstić information content (AvgIpc) is 2.17. The monoisotopic (exact) mass is 150 g/mol. The lowest BCUT2D eigenvalue weighted by molar-refractivity contribution is 0.00203. The van der Waals surface area contributed by atoms with E-state index in [1.807, 2.05) is 0 Å². The topological polar surface area (TPSA) is 49.7 Å². The largest absolute Gasteiger partial charge is 0.388 e. The maximum atomic E-state index is 11.9. The molecule has 60 valence electrons. The summed E-state index contributed by atoms with van der Waals surface area (Å²) in [6.45, 7) is 0.853. The molecular weight excluding hydrogens is 139 g/mol. The maximum Gasteiger partial charge on any atom is 0.118 e. The van der Waals surface area contributed by atoms with Crippen molar-refractivity contribution >= 4 is 0 Å². The first-order valence-electron chi connectivity index (χ1n) is 3.24. The van der Waals surface area contributed by atoms with Gasteiger partial charge in [-0.25, -0.2) is 4.39 Å². The van der Waals surface area contributed by atoms with Gasteiger partial charge in [-0.3, -0.25) is 0 Å². The third kappa shape index (κ3) is 1.14. The zero-order chi connectivity index (χ0) is 7.72. The summed E-state index contributed by atoms with van der Waals surface area (Å²) in [5.41, 5.74) is 0. The Labute approximate surface area is 58.4 Å². The van der Waals surface area contributed by atoms with Gasteiger partial charge >= 0.3 is 0 Å². The first kappa shape index (κ1) is 7.91. The quantitative estimate of drug-likeness (QED) is 0.528. The molecule has 1 aliphatic rings. The average molecular weight is 150 g/mol. The van der Waals surface area contributed by atoms with E-state index in [2.05, 4.69) is 0 Å². The highest BCUT2D eigenvalue weighted by Gasteiger charge is 2.39. The summed E-state index contributed by atoms with van der Waals surface area (Å²) < 4.78 is 16.8. The second-order valence-electron chi connectivity index (χ2n) is 2.52.